The van der Waals surface area contributed by atoms with Gasteiger partial charge >= 0.3 is 5.97 Å². The van der Waals surface area contributed by atoms with Crippen LogP contribution in [0.3, 0.4) is 0 Å². The van der Waals surface area contributed by atoms with E-state index >= 15 is 0 Å². The van der Waals surface area contributed by atoms with Gasteiger partial charge in [0, 0.05) is 12.5 Å². The van der Waals surface area contributed by atoms with Crippen LogP contribution >= 0.6 is 0 Å². The first kappa shape index (κ1) is 13.9. The highest BCUT2D eigenvalue weighted by atomic mass is 16.4. The molecule has 0 atom stereocenters. The second-order valence-electron chi connectivity index (χ2n) is 3.96. The predicted octanol–water partition coefficient (Wildman–Crippen LogP) is 0.308. The van der Waals surface area contributed by atoms with Crippen LogP contribution in [0.5, 0.6) is 0 Å². The van der Waals surface area contributed by atoms with Crippen molar-refractivity contribution >= 4 is 11.9 Å². The topological polar surface area (TPSA) is 69.6 Å². The molecule has 0 spiro atoms. The first-order chi connectivity index (χ1) is 6.91. The number of hydrogen-bond acceptors (Lipinski definition) is 3. The summed E-state index contributed by atoms with van der Waals surface area (Å²) in [4.78, 5) is 23.4. The summed E-state index contributed by atoms with van der Waals surface area (Å²) in [6, 6.07) is 0.143. The Balaban J connectivity index is 3.59. The third-order valence-electron chi connectivity index (χ3n) is 1.79. The summed E-state index contributed by atoms with van der Waals surface area (Å²) < 4.78 is 0. The molecule has 0 aromatic carbocycles. The largest absolute Gasteiger partial charge is 0.481 e. The van der Waals surface area contributed by atoms with Gasteiger partial charge in [0.1, 0.15) is 0 Å². The van der Waals surface area contributed by atoms with Crippen LogP contribution in [0, 0.1) is 0 Å². The van der Waals surface area contributed by atoms with Crippen LogP contribution in [0.1, 0.15) is 26.7 Å². The maximum absolute atomic E-state index is 11.3. The van der Waals surface area contributed by atoms with E-state index < -0.39 is 5.97 Å². The molecule has 0 aliphatic rings. The lowest BCUT2D eigenvalue weighted by molar-refractivity contribution is -0.137. The molecule has 15 heavy (non-hydrogen) atoms. The third-order valence-corrected chi connectivity index (χ3v) is 1.79. The number of carbonyl (C=O) groups is 2. The molecule has 5 heteroatoms. The minimum atomic E-state index is -0.796. The van der Waals surface area contributed by atoms with E-state index in [0.29, 0.717) is 19.5 Å². The fraction of sp³-hybridized carbons (Fsp3) is 0.800. The SMILES string of the molecule is CC(C)NC(=O)CN(C)CCCC(=O)O. The van der Waals surface area contributed by atoms with Crippen molar-refractivity contribution in [1.29, 1.82) is 0 Å². The minimum absolute atomic E-state index is 0.0252. The van der Waals surface area contributed by atoms with Gasteiger partial charge in [0.25, 0.3) is 0 Å². The van der Waals surface area contributed by atoms with Gasteiger partial charge in [-0.1, -0.05) is 0 Å². The number of hydrogen-bond donors (Lipinski definition) is 2. The van der Waals surface area contributed by atoms with Crippen molar-refractivity contribution in [2.75, 3.05) is 20.1 Å². The molecule has 0 saturated heterocycles. The molecular weight excluding hydrogens is 196 g/mol. The Kier molecular flexibility index (Phi) is 6.70. The molecule has 0 fully saturated rings. The maximum Gasteiger partial charge on any atom is 0.303 e. The van der Waals surface area contributed by atoms with Crippen LogP contribution in [0.4, 0.5) is 0 Å². The average Bonchev–Trinajstić information content (AvgIpc) is 2.00. The van der Waals surface area contributed by atoms with E-state index in [2.05, 4.69) is 5.32 Å². The Hall–Kier alpha value is -1.10. The molecule has 1 amide bonds. The van der Waals surface area contributed by atoms with E-state index in [4.69, 9.17) is 5.11 Å². The van der Waals surface area contributed by atoms with E-state index in [1.165, 1.54) is 0 Å². The van der Waals surface area contributed by atoms with Crippen molar-refractivity contribution in [2.24, 2.45) is 0 Å². The van der Waals surface area contributed by atoms with Crippen LogP contribution < -0.4 is 5.32 Å². The molecule has 2 N–H and O–H groups in total. The molecule has 5 nitrogen and oxygen atoms in total. The zero-order valence-electron chi connectivity index (χ0n) is 9.62. The minimum Gasteiger partial charge on any atom is -0.481 e. The highest BCUT2D eigenvalue weighted by Gasteiger charge is 2.07. The zero-order chi connectivity index (χ0) is 11.8. The molecule has 0 aromatic heterocycles. The maximum atomic E-state index is 11.3. The Morgan fingerprint density at radius 1 is 1.40 bits per heavy atom. The smallest absolute Gasteiger partial charge is 0.303 e. The molecule has 0 aliphatic heterocycles. The van der Waals surface area contributed by atoms with Gasteiger partial charge in [-0.25, -0.2) is 0 Å². The summed E-state index contributed by atoms with van der Waals surface area (Å²) >= 11 is 0. The van der Waals surface area contributed by atoms with Crippen molar-refractivity contribution in [1.82, 2.24) is 10.2 Å². The number of nitrogens with zero attached hydrogens (tertiary/aromatic N) is 1. The third kappa shape index (κ3) is 9.21. The van der Waals surface area contributed by atoms with E-state index in [0.717, 1.165) is 0 Å². The predicted molar refractivity (Wildman–Crippen MR) is 57.6 cm³/mol. The summed E-state index contributed by atoms with van der Waals surface area (Å²) in [5.74, 6) is -0.821. The quantitative estimate of drug-likeness (QED) is 0.642. The van der Waals surface area contributed by atoms with E-state index in [9.17, 15) is 9.59 Å². The molecule has 0 rings (SSSR count). The van der Waals surface area contributed by atoms with Crippen molar-refractivity contribution in [2.45, 2.75) is 32.7 Å². The molecule has 0 radical (unpaired) electrons. The normalized spacial score (nSPS) is 10.7. The molecule has 0 saturated carbocycles. The van der Waals surface area contributed by atoms with Crippen LogP contribution in [0.2, 0.25) is 0 Å². The Morgan fingerprint density at radius 3 is 2.47 bits per heavy atom. The number of likely N-dealkylation sites (N-methyl/N-ethyl adjacent to an activating group) is 1. The lowest BCUT2D eigenvalue weighted by Crippen LogP contribution is -2.38. The number of carboxylic acids is 1. The number of carboxylic acid groups (broad SMARTS) is 1. The number of carbonyl (C=O) groups excluding carboxylic acids is 1. The molecule has 88 valence electrons. The summed E-state index contributed by atoms with van der Waals surface area (Å²) in [6.07, 6.45) is 0.719. The van der Waals surface area contributed by atoms with Gasteiger partial charge in [-0.05, 0) is 33.9 Å². The van der Waals surface area contributed by atoms with Gasteiger partial charge in [-0.2, -0.15) is 0 Å². The van der Waals surface area contributed by atoms with Crippen molar-refractivity contribution in [3.63, 3.8) is 0 Å². The standard InChI is InChI=1S/C10H20N2O3/c1-8(2)11-9(13)7-12(3)6-4-5-10(14)15/h8H,4-7H2,1-3H3,(H,11,13)(H,14,15). The van der Waals surface area contributed by atoms with E-state index in [-0.39, 0.29) is 18.4 Å². The van der Waals surface area contributed by atoms with Crippen molar-refractivity contribution < 1.29 is 14.7 Å². The van der Waals surface area contributed by atoms with Crippen molar-refractivity contribution in [3.8, 4) is 0 Å². The molecule has 0 aromatic rings. The molecular formula is C10H20N2O3. The second-order valence-corrected chi connectivity index (χ2v) is 3.96. The fourth-order valence-electron chi connectivity index (χ4n) is 1.19. The van der Waals surface area contributed by atoms with Gasteiger partial charge in [0.15, 0.2) is 0 Å². The number of rotatable bonds is 7. The highest BCUT2D eigenvalue weighted by Crippen LogP contribution is 1.92. The fourth-order valence-corrected chi connectivity index (χ4v) is 1.19. The van der Waals surface area contributed by atoms with Crippen LogP contribution in [0.15, 0.2) is 0 Å². The number of amides is 1. The number of nitrogens with one attached hydrogen (secondary N) is 1. The van der Waals surface area contributed by atoms with Crippen LogP contribution in [-0.4, -0.2) is 48.1 Å². The lowest BCUT2D eigenvalue weighted by atomic mass is 10.3. The van der Waals surface area contributed by atoms with Gasteiger partial charge in [-0.3, -0.25) is 14.5 Å². The van der Waals surface area contributed by atoms with Gasteiger partial charge in [-0.15, -0.1) is 0 Å². The molecule has 0 unspecified atom stereocenters. The van der Waals surface area contributed by atoms with Gasteiger partial charge < -0.3 is 10.4 Å². The number of aliphatic carboxylic acids is 1. The molecule has 0 heterocycles. The Labute approximate surface area is 90.5 Å². The first-order valence-electron chi connectivity index (χ1n) is 5.11. The Bertz CT molecular complexity index is 217. The monoisotopic (exact) mass is 216 g/mol. The lowest BCUT2D eigenvalue weighted by Gasteiger charge is -2.16. The van der Waals surface area contributed by atoms with Crippen LogP contribution in [-0.2, 0) is 9.59 Å². The zero-order valence-corrected chi connectivity index (χ0v) is 9.62. The van der Waals surface area contributed by atoms with Gasteiger partial charge in [0.05, 0.1) is 6.54 Å². The summed E-state index contributed by atoms with van der Waals surface area (Å²) in [5.41, 5.74) is 0. The van der Waals surface area contributed by atoms with Gasteiger partial charge in [0.2, 0.25) is 5.91 Å². The highest BCUT2D eigenvalue weighted by molar-refractivity contribution is 5.78. The van der Waals surface area contributed by atoms with E-state index in [1.807, 2.05) is 25.8 Å². The van der Waals surface area contributed by atoms with Crippen LogP contribution in [0.25, 0.3) is 0 Å². The summed E-state index contributed by atoms with van der Waals surface area (Å²) in [5, 5.41) is 11.2. The molecule has 0 aliphatic carbocycles. The van der Waals surface area contributed by atoms with E-state index in [1.54, 1.807) is 0 Å². The second kappa shape index (κ2) is 7.23. The first-order valence-corrected chi connectivity index (χ1v) is 5.11. The summed E-state index contributed by atoms with van der Waals surface area (Å²) in [6.45, 7) is 4.75. The Morgan fingerprint density at radius 2 is 2.00 bits per heavy atom. The average molecular weight is 216 g/mol. The van der Waals surface area contributed by atoms with Crippen molar-refractivity contribution in [3.05, 3.63) is 0 Å². The molecule has 0 bridgehead atoms. The summed E-state index contributed by atoms with van der Waals surface area (Å²) in [7, 11) is 1.81.